The lowest BCUT2D eigenvalue weighted by Gasteiger charge is -1.97. The fraction of sp³-hybridized carbons (Fsp3) is 0.167. The summed E-state index contributed by atoms with van der Waals surface area (Å²) >= 11 is 0. The molecule has 2 heteroatoms. The van der Waals surface area contributed by atoms with Crippen molar-refractivity contribution >= 4 is 12.6 Å². The van der Waals surface area contributed by atoms with E-state index < -0.39 is 0 Å². The Morgan fingerprint density at radius 2 is 2.14 bits per heavy atom. The van der Waals surface area contributed by atoms with Crippen LogP contribution in [0.25, 0.3) is 0 Å². The quantitative estimate of drug-likeness (QED) is 0.521. The molecule has 0 aliphatic carbocycles. The van der Waals surface area contributed by atoms with Gasteiger partial charge < -0.3 is 4.79 Å². The van der Waals surface area contributed by atoms with Crippen LogP contribution in [0.5, 0.6) is 0 Å². The summed E-state index contributed by atoms with van der Waals surface area (Å²) in [5, 5.41) is 0. The number of carbonyl (C=O) groups is 2. The van der Waals surface area contributed by atoms with Crippen molar-refractivity contribution in [1.29, 1.82) is 0 Å². The van der Waals surface area contributed by atoms with Gasteiger partial charge in [-0.2, -0.15) is 0 Å². The van der Waals surface area contributed by atoms with Crippen molar-refractivity contribution in [2.75, 3.05) is 0 Å². The highest BCUT2D eigenvalue weighted by Crippen LogP contribution is 2.08. The average Bonchev–Trinajstić information content (AvgIpc) is 2.19. The number of rotatable bonds is 2. The Morgan fingerprint density at radius 3 is 2.79 bits per heavy atom. The molecule has 2 nitrogen and oxygen atoms in total. The van der Waals surface area contributed by atoms with Crippen molar-refractivity contribution in [1.82, 2.24) is 0 Å². The predicted molar refractivity (Wildman–Crippen MR) is 54.1 cm³/mol. The molecule has 0 unspecified atom stereocenters. The van der Waals surface area contributed by atoms with Gasteiger partial charge in [-0.15, -0.1) is 0 Å². The van der Waals surface area contributed by atoms with E-state index in [-0.39, 0.29) is 6.42 Å². The van der Waals surface area contributed by atoms with Crippen molar-refractivity contribution in [3.05, 3.63) is 34.9 Å². The molecular formula is C12H10O2. The monoisotopic (exact) mass is 186 g/mol. The summed E-state index contributed by atoms with van der Waals surface area (Å²) < 4.78 is 0. The second-order valence-electron chi connectivity index (χ2n) is 2.88. The molecule has 0 heterocycles. The van der Waals surface area contributed by atoms with Gasteiger partial charge in [0.15, 0.2) is 6.29 Å². The van der Waals surface area contributed by atoms with Gasteiger partial charge in [-0.1, -0.05) is 24.0 Å². The van der Waals surface area contributed by atoms with Crippen molar-refractivity contribution in [2.45, 2.75) is 13.3 Å². The Morgan fingerprint density at radius 1 is 1.36 bits per heavy atom. The highest BCUT2D eigenvalue weighted by molar-refractivity contribution is 5.79. The largest absolute Gasteiger partial charge is 0.302 e. The zero-order valence-corrected chi connectivity index (χ0v) is 7.91. The molecule has 0 N–H and O–H groups in total. The third kappa shape index (κ3) is 2.56. The van der Waals surface area contributed by atoms with E-state index in [1.165, 1.54) is 0 Å². The normalized spacial score (nSPS) is 8.64. The molecule has 0 radical (unpaired) electrons. The molecule has 0 aliphatic rings. The maximum absolute atomic E-state index is 10.6. The van der Waals surface area contributed by atoms with Crippen LogP contribution in [0, 0.1) is 18.8 Å². The molecule has 0 saturated heterocycles. The van der Waals surface area contributed by atoms with Gasteiger partial charge in [-0.05, 0) is 18.6 Å². The van der Waals surface area contributed by atoms with Crippen molar-refractivity contribution < 1.29 is 9.59 Å². The summed E-state index contributed by atoms with van der Waals surface area (Å²) in [6.07, 6.45) is 1.71. The number of hydrogen-bond donors (Lipinski definition) is 0. The van der Waals surface area contributed by atoms with Crippen LogP contribution in [0.3, 0.4) is 0 Å². The minimum atomic E-state index is 0.201. The molecule has 0 fully saturated rings. The summed E-state index contributed by atoms with van der Waals surface area (Å²) in [6, 6.07) is 5.42. The van der Waals surface area contributed by atoms with Crippen LogP contribution in [-0.2, 0) is 4.79 Å². The van der Waals surface area contributed by atoms with Gasteiger partial charge in [0.2, 0.25) is 0 Å². The molecule has 0 saturated carbocycles. The average molecular weight is 186 g/mol. The minimum Gasteiger partial charge on any atom is -0.302 e. The van der Waals surface area contributed by atoms with Gasteiger partial charge >= 0.3 is 0 Å². The van der Waals surface area contributed by atoms with Crippen LogP contribution in [0.4, 0.5) is 0 Å². The first-order valence-corrected chi connectivity index (χ1v) is 4.26. The molecule has 0 bridgehead atoms. The summed E-state index contributed by atoms with van der Waals surface area (Å²) in [6.45, 7) is 1.93. The first kappa shape index (κ1) is 10.2. The molecule has 0 amide bonds. The van der Waals surface area contributed by atoms with E-state index in [4.69, 9.17) is 0 Å². The van der Waals surface area contributed by atoms with E-state index >= 15 is 0 Å². The fourth-order valence-corrected chi connectivity index (χ4v) is 1.07. The lowest BCUT2D eigenvalue weighted by atomic mass is 10.1. The van der Waals surface area contributed by atoms with E-state index in [9.17, 15) is 9.59 Å². The van der Waals surface area contributed by atoms with E-state index in [1.807, 2.05) is 19.1 Å². The number of aldehydes is 2. The minimum absolute atomic E-state index is 0.201. The lowest BCUT2D eigenvalue weighted by molar-refractivity contribution is -0.107. The van der Waals surface area contributed by atoms with Crippen LogP contribution in [0.1, 0.15) is 27.9 Å². The van der Waals surface area contributed by atoms with E-state index in [2.05, 4.69) is 11.8 Å². The van der Waals surface area contributed by atoms with Gasteiger partial charge in [-0.3, -0.25) is 4.79 Å². The maximum Gasteiger partial charge on any atom is 0.151 e. The van der Waals surface area contributed by atoms with Gasteiger partial charge in [0.05, 0.1) is 6.42 Å². The van der Waals surface area contributed by atoms with Gasteiger partial charge in [0, 0.05) is 11.1 Å². The van der Waals surface area contributed by atoms with Crippen LogP contribution >= 0.6 is 0 Å². The van der Waals surface area contributed by atoms with Gasteiger partial charge in [0.25, 0.3) is 0 Å². The molecule has 0 atom stereocenters. The highest BCUT2D eigenvalue weighted by atomic mass is 16.1. The Bertz CT molecular complexity index is 408. The van der Waals surface area contributed by atoms with Gasteiger partial charge in [-0.25, -0.2) is 0 Å². The Balaban J connectivity index is 3.06. The number of hydrogen-bond acceptors (Lipinski definition) is 2. The molecule has 1 rings (SSSR count). The Kier molecular flexibility index (Phi) is 3.63. The van der Waals surface area contributed by atoms with Crippen molar-refractivity contribution in [2.24, 2.45) is 0 Å². The highest BCUT2D eigenvalue weighted by Gasteiger charge is 1.97. The van der Waals surface area contributed by atoms with E-state index in [1.54, 1.807) is 6.07 Å². The topological polar surface area (TPSA) is 34.1 Å². The van der Waals surface area contributed by atoms with Crippen LogP contribution in [-0.4, -0.2) is 12.6 Å². The second-order valence-corrected chi connectivity index (χ2v) is 2.88. The Labute approximate surface area is 82.9 Å². The van der Waals surface area contributed by atoms with Crippen LogP contribution < -0.4 is 0 Å². The summed E-state index contributed by atoms with van der Waals surface area (Å²) in [5.74, 6) is 5.47. The number of benzene rings is 1. The molecular weight excluding hydrogens is 176 g/mol. The first-order chi connectivity index (χ1) is 6.77. The van der Waals surface area contributed by atoms with E-state index in [0.29, 0.717) is 11.1 Å². The maximum atomic E-state index is 10.6. The smallest absolute Gasteiger partial charge is 0.151 e. The SMILES string of the molecule is Cc1ccc(C=O)c(C#CCC=O)c1. The molecule has 1 aromatic rings. The van der Waals surface area contributed by atoms with Gasteiger partial charge in [0.1, 0.15) is 6.29 Å². The second kappa shape index (κ2) is 4.98. The number of aryl methyl sites for hydroxylation is 1. The summed E-state index contributed by atoms with van der Waals surface area (Å²) in [7, 11) is 0. The lowest BCUT2D eigenvalue weighted by Crippen LogP contribution is -1.88. The molecule has 70 valence electrons. The van der Waals surface area contributed by atoms with Crippen LogP contribution in [0.15, 0.2) is 18.2 Å². The molecule has 0 aliphatic heterocycles. The predicted octanol–water partition coefficient (Wildman–Crippen LogP) is 1.75. The molecule has 0 aromatic heterocycles. The third-order valence-electron chi connectivity index (χ3n) is 1.74. The zero-order chi connectivity index (χ0) is 10.4. The number of carbonyl (C=O) groups excluding carboxylic acids is 2. The van der Waals surface area contributed by atoms with Crippen LogP contribution in [0.2, 0.25) is 0 Å². The van der Waals surface area contributed by atoms with Crippen molar-refractivity contribution in [3.8, 4) is 11.8 Å². The summed E-state index contributed by atoms with van der Waals surface area (Å²) in [5.41, 5.74) is 2.29. The third-order valence-corrected chi connectivity index (χ3v) is 1.74. The standard InChI is InChI=1S/C12H10O2/c1-10-5-6-12(9-14)11(8-10)4-2-3-7-13/h5-9H,3H2,1H3. The fourth-order valence-electron chi connectivity index (χ4n) is 1.07. The molecule has 0 spiro atoms. The molecule has 14 heavy (non-hydrogen) atoms. The molecule has 1 aromatic carbocycles. The Hall–Kier alpha value is -1.88. The van der Waals surface area contributed by atoms with Crippen molar-refractivity contribution in [3.63, 3.8) is 0 Å². The summed E-state index contributed by atoms with van der Waals surface area (Å²) in [4.78, 5) is 20.7. The van der Waals surface area contributed by atoms with E-state index in [0.717, 1.165) is 18.1 Å². The first-order valence-electron chi connectivity index (χ1n) is 4.26. The zero-order valence-electron chi connectivity index (χ0n) is 7.91.